The molecule has 0 aromatic carbocycles. The molecular weight excluding hydrogens is 364 g/mol. The van der Waals surface area contributed by atoms with E-state index in [0.717, 1.165) is 0 Å². The zero-order valence-corrected chi connectivity index (χ0v) is 14.7. The zero-order chi connectivity index (χ0) is 17.0. The topological polar surface area (TPSA) is 88.6 Å². The molecule has 0 radical (unpaired) electrons. The van der Waals surface area contributed by atoms with Gasteiger partial charge in [0.15, 0.2) is 0 Å². The molecular formula is C15H17BrN4O3. The van der Waals surface area contributed by atoms with Crippen LogP contribution in [0.2, 0.25) is 0 Å². The normalized spacial score (nSPS) is 11.1. The summed E-state index contributed by atoms with van der Waals surface area (Å²) >= 11 is 3.40. The Bertz CT molecular complexity index is 758. The highest BCUT2D eigenvalue weighted by Gasteiger charge is 2.15. The number of carbonyl (C=O) groups is 1. The summed E-state index contributed by atoms with van der Waals surface area (Å²) in [5.41, 5.74) is 0.640. The fourth-order valence-corrected chi connectivity index (χ4v) is 2.47. The van der Waals surface area contributed by atoms with Crippen molar-refractivity contribution in [2.45, 2.75) is 26.4 Å². The summed E-state index contributed by atoms with van der Waals surface area (Å²) in [5, 5.41) is 15.7. The summed E-state index contributed by atoms with van der Waals surface area (Å²) in [7, 11) is 0. The van der Waals surface area contributed by atoms with E-state index in [1.54, 1.807) is 37.5 Å². The van der Waals surface area contributed by atoms with Crippen LogP contribution in [-0.4, -0.2) is 34.5 Å². The van der Waals surface area contributed by atoms with E-state index >= 15 is 0 Å². The van der Waals surface area contributed by atoms with Crippen molar-refractivity contribution >= 4 is 27.5 Å². The first-order valence-corrected chi connectivity index (χ1v) is 7.76. The van der Waals surface area contributed by atoms with Gasteiger partial charge in [0.05, 0.1) is 30.0 Å². The van der Waals surface area contributed by atoms with Crippen LogP contribution in [0.3, 0.4) is 0 Å². The van der Waals surface area contributed by atoms with Gasteiger partial charge in [0.1, 0.15) is 24.0 Å². The second-order valence-electron chi connectivity index (χ2n) is 5.76. The molecule has 0 fully saturated rings. The average Bonchev–Trinajstić information content (AvgIpc) is 2.85. The van der Waals surface area contributed by atoms with Crippen LogP contribution in [0.1, 0.15) is 26.3 Å². The van der Waals surface area contributed by atoms with Gasteiger partial charge in [-0.3, -0.25) is 0 Å². The standard InChI is InChI=1S/C15H17BrN4O3/c1-15(2,3)23-14(21)18-4-5-22-11-6-12(16)13-10(7-17)8-19-20(13)9-11/h6,8-9H,4-5H2,1-3H3,(H,18,21). The van der Waals surface area contributed by atoms with Crippen molar-refractivity contribution in [2.75, 3.05) is 13.2 Å². The van der Waals surface area contributed by atoms with Crippen LogP contribution in [0.25, 0.3) is 5.52 Å². The van der Waals surface area contributed by atoms with E-state index in [1.807, 2.05) is 0 Å². The number of hydrogen-bond acceptors (Lipinski definition) is 5. The number of halogens is 1. The molecule has 23 heavy (non-hydrogen) atoms. The van der Waals surface area contributed by atoms with Gasteiger partial charge in [-0.15, -0.1) is 0 Å². The maximum Gasteiger partial charge on any atom is 0.407 e. The van der Waals surface area contributed by atoms with Gasteiger partial charge in [-0.1, -0.05) is 0 Å². The van der Waals surface area contributed by atoms with Gasteiger partial charge in [-0.05, 0) is 42.8 Å². The summed E-state index contributed by atoms with van der Waals surface area (Å²) in [6, 6.07) is 3.83. The quantitative estimate of drug-likeness (QED) is 0.823. The summed E-state index contributed by atoms with van der Waals surface area (Å²) in [6.07, 6.45) is 2.69. The minimum Gasteiger partial charge on any atom is -0.490 e. The molecule has 0 unspecified atom stereocenters. The summed E-state index contributed by atoms with van der Waals surface area (Å²) in [5.74, 6) is 0.572. The van der Waals surface area contributed by atoms with Crippen LogP contribution >= 0.6 is 15.9 Å². The molecule has 1 N–H and O–H groups in total. The Balaban J connectivity index is 1.91. The van der Waals surface area contributed by atoms with Gasteiger partial charge in [-0.25, -0.2) is 9.31 Å². The molecule has 0 saturated carbocycles. The number of aromatic nitrogens is 2. The molecule has 2 aromatic rings. The van der Waals surface area contributed by atoms with Crippen LogP contribution < -0.4 is 10.1 Å². The smallest absolute Gasteiger partial charge is 0.407 e. The second-order valence-corrected chi connectivity index (χ2v) is 6.62. The molecule has 7 nitrogen and oxygen atoms in total. The number of alkyl carbamates (subject to hydrolysis) is 1. The molecule has 1 amide bonds. The number of nitrogens with zero attached hydrogens (tertiary/aromatic N) is 3. The number of hydrogen-bond donors (Lipinski definition) is 1. The Morgan fingerprint density at radius 1 is 1.52 bits per heavy atom. The van der Waals surface area contributed by atoms with E-state index in [9.17, 15) is 4.79 Å². The highest BCUT2D eigenvalue weighted by atomic mass is 79.9. The molecule has 0 bridgehead atoms. The zero-order valence-electron chi connectivity index (χ0n) is 13.1. The lowest BCUT2D eigenvalue weighted by atomic mass is 10.2. The first kappa shape index (κ1) is 17.1. The van der Waals surface area contributed by atoms with E-state index < -0.39 is 11.7 Å². The average molecular weight is 381 g/mol. The molecule has 0 spiro atoms. The van der Waals surface area contributed by atoms with Gasteiger partial charge in [0.2, 0.25) is 0 Å². The Morgan fingerprint density at radius 2 is 2.26 bits per heavy atom. The lowest BCUT2D eigenvalue weighted by molar-refractivity contribution is 0.0520. The third kappa shape index (κ3) is 4.60. The molecule has 2 rings (SSSR count). The maximum absolute atomic E-state index is 11.5. The second kappa shape index (κ2) is 6.87. The van der Waals surface area contributed by atoms with Gasteiger partial charge in [0, 0.05) is 4.47 Å². The van der Waals surface area contributed by atoms with E-state index in [4.69, 9.17) is 14.7 Å². The third-order valence-electron chi connectivity index (χ3n) is 2.70. The van der Waals surface area contributed by atoms with E-state index in [2.05, 4.69) is 32.4 Å². The molecule has 0 saturated heterocycles. The monoisotopic (exact) mass is 380 g/mol. The fraction of sp³-hybridized carbons (Fsp3) is 0.400. The van der Waals surface area contributed by atoms with E-state index in [0.29, 0.717) is 27.8 Å². The van der Waals surface area contributed by atoms with Crippen molar-refractivity contribution in [3.63, 3.8) is 0 Å². The molecule has 0 aliphatic rings. The molecule has 2 heterocycles. The fourth-order valence-electron chi connectivity index (χ4n) is 1.85. The summed E-state index contributed by atoms with van der Waals surface area (Å²) < 4.78 is 13.0. The predicted octanol–water partition coefficient (Wildman–Crippen LogP) is 2.87. The van der Waals surface area contributed by atoms with Crippen molar-refractivity contribution in [3.05, 3.63) is 28.5 Å². The van der Waals surface area contributed by atoms with E-state index in [-0.39, 0.29) is 6.61 Å². The molecule has 122 valence electrons. The van der Waals surface area contributed by atoms with Crippen LogP contribution in [-0.2, 0) is 4.74 Å². The Hall–Kier alpha value is -2.27. The first-order valence-electron chi connectivity index (χ1n) is 6.97. The molecule has 8 heteroatoms. The van der Waals surface area contributed by atoms with Crippen molar-refractivity contribution in [2.24, 2.45) is 0 Å². The SMILES string of the molecule is CC(C)(C)OC(=O)NCCOc1cc(Br)c2c(C#N)cnn2c1. The minimum atomic E-state index is -0.528. The van der Waals surface area contributed by atoms with Crippen molar-refractivity contribution < 1.29 is 14.3 Å². The highest BCUT2D eigenvalue weighted by molar-refractivity contribution is 9.10. The number of ether oxygens (including phenoxy) is 2. The summed E-state index contributed by atoms with van der Waals surface area (Å²) in [4.78, 5) is 11.5. The Labute approximate surface area is 142 Å². The maximum atomic E-state index is 11.5. The van der Waals surface area contributed by atoms with Crippen molar-refractivity contribution in [1.82, 2.24) is 14.9 Å². The summed E-state index contributed by atoms with van der Waals surface area (Å²) in [6.45, 7) is 6.00. The number of nitrogens with one attached hydrogen (secondary N) is 1. The largest absolute Gasteiger partial charge is 0.490 e. The lowest BCUT2D eigenvalue weighted by Crippen LogP contribution is -2.34. The van der Waals surface area contributed by atoms with Crippen molar-refractivity contribution in [1.29, 1.82) is 5.26 Å². The van der Waals surface area contributed by atoms with Crippen LogP contribution in [0, 0.1) is 11.3 Å². The van der Waals surface area contributed by atoms with Gasteiger partial charge >= 0.3 is 6.09 Å². The molecule has 0 atom stereocenters. The van der Waals surface area contributed by atoms with Crippen LogP contribution in [0.5, 0.6) is 5.75 Å². The van der Waals surface area contributed by atoms with Crippen molar-refractivity contribution in [3.8, 4) is 11.8 Å². The van der Waals surface area contributed by atoms with Gasteiger partial charge in [0.25, 0.3) is 0 Å². The minimum absolute atomic E-state index is 0.281. The van der Waals surface area contributed by atoms with Gasteiger partial charge < -0.3 is 14.8 Å². The lowest BCUT2D eigenvalue weighted by Gasteiger charge is -2.19. The Kier molecular flexibility index (Phi) is 5.11. The number of fused-ring (bicyclic) bond motifs is 1. The highest BCUT2D eigenvalue weighted by Crippen LogP contribution is 2.26. The number of carbonyl (C=O) groups excluding carboxylic acids is 1. The van der Waals surface area contributed by atoms with E-state index in [1.165, 1.54) is 6.20 Å². The number of nitriles is 1. The molecule has 0 aliphatic carbocycles. The van der Waals surface area contributed by atoms with Gasteiger partial charge in [-0.2, -0.15) is 10.4 Å². The molecule has 2 aromatic heterocycles. The Morgan fingerprint density at radius 3 is 2.91 bits per heavy atom. The third-order valence-corrected chi connectivity index (χ3v) is 3.30. The number of amides is 1. The number of rotatable bonds is 4. The van der Waals surface area contributed by atoms with Crippen LogP contribution in [0.4, 0.5) is 4.79 Å². The number of pyridine rings is 1. The molecule has 0 aliphatic heterocycles. The van der Waals surface area contributed by atoms with Crippen LogP contribution in [0.15, 0.2) is 22.9 Å². The first-order chi connectivity index (χ1) is 10.8. The predicted molar refractivity (Wildman–Crippen MR) is 87.3 cm³/mol.